The van der Waals surface area contributed by atoms with E-state index >= 15 is 0 Å². The summed E-state index contributed by atoms with van der Waals surface area (Å²) in [7, 11) is 0. The van der Waals surface area contributed by atoms with Crippen LogP contribution in [0.25, 0.3) is 0 Å². The molecular formula is C28H55NO3. The summed E-state index contributed by atoms with van der Waals surface area (Å²) in [6.07, 6.45) is 22.1. The Morgan fingerprint density at radius 2 is 0.969 bits per heavy atom. The van der Waals surface area contributed by atoms with Gasteiger partial charge in [0.15, 0.2) is 0 Å². The maximum atomic E-state index is 12.7. The van der Waals surface area contributed by atoms with Gasteiger partial charge in [-0.3, -0.25) is 9.59 Å². The number of amides is 1. The van der Waals surface area contributed by atoms with Gasteiger partial charge in [0.1, 0.15) is 0 Å². The number of carbonyl (C=O) groups is 2. The van der Waals surface area contributed by atoms with Crippen LogP contribution in [0.15, 0.2) is 0 Å². The van der Waals surface area contributed by atoms with Gasteiger partial charge in [-0.2, -0.15) is 0 Å². The Morgan fingerprint density at radius 3 is 1.50 bits per heavy atom. The normalized spacial score (nSPS) is 11.0. The minimum atomic E-state index is -0.101. The van der Waals surface area contributed by atoms with E-state index in [9.17, 15) is 9.59 Å². The van der Waals surface area contributed by atoms with Crippen LogP contribution >= 0.6 is 0 Å². The van der Waals surface area contributed by atoms with Gasteiger partial charge in [-0.15, -0.1) is 0 Å². The van der Waals surface area contributed by atoms with E-state index in [1.165, 1.54) is 77.0 Å². The number of carbonyl (C=O) groups excluding carboxylic acids is 2. The summed E-state index contributed by atoms with van der Waals surface area (Å²) < 4.78 is 5.36. The molecule has 0 aliphatic heterocycles. The van der Waals surface area contributed by atoms with E-state index in [4.69, 9.17) is 4.74 Å². The van der Waals surface area contributed by atoms with Gasteiger partial charge in [0.2, 0.25) is 5.91 Å². The van der Waals surface area contributed by atoms with E-state index in [0.717, 1.165) is 51.6 Å². The molecule has 4 heteroatoms. The summed E-state index contributed by atoms with van der Waals surface area (Å²) in [4.78, 5) is 26.7. The second kappa shape index (κ2) is 24.6. The summed E-state index contributed by atoms with van der Waals surface area (Å²) in [5, 5.41) is 0. The molecule has 0 aromatic carbocycles. The third-order valence-corrected chi connectivity index (χ3v) is 6.20. The van der Waals surface area contributed by atoms with Crippen molar-refractivity contribution in [3.05, 3.63) is 0 Å². The molecule has 0 saturated carbocycles. The molecule has 0 rings (SSSR count). The smallest absolute Gasteiger partial charge is 0.305 e. The third kappa shape index (κ3) is 20.8. The van der Waals surface area contributed by atoms with Crippen LogP contribution in [-0.2, 0) is 14.3 Å². The first-order valence-corrected chi connectivity index (χ1v) is 14.1. The SMILES string of the molecule is CCCCCCCCCCOC(=O)CCCCC(=O)N(CCCCCC)CCCCCC. The number of hydrogen-bond donors (Lipinski definition) is 0. The summed E-state index contributed by atoms with van der Waals surface area (Å²) >= 11 is 0. The van der Waals surface area contributed by atoms with Crippen LogP contribution in [0.5, 0.6) is 0 Å². The molecule has 0 spiro atoms. The lowest BCUT2D eigenvalue weighted by Gasteiger charge is -2.23. The largest absolute Gasteiger partial charge is 0.466 e. The lowest BCUT2D eigenvalue weighted by molar-refractivity contribution is -0.144. The highest BCUT2D eigenvalue weighted by Gasteiger charge is 2.13. The molecule has 1 amide bonds. The highest BCUT2D eigenvalue weighted by Crippen LogP contribution is 2.11. The third-order valence-electron chi connectivity index (χ3n) is 6.20. The monoisotopic (exact) mass is 453 g/mol. The predicted octanol–water partition coefficient (Wildman–Crippen LogP) is 8.22. The van der Waals surface area contributed by atoms with Gasteiger partial charge >= 0.3 is 5.97 Å². The minimum absolute atomic E-state index is 0.101. The minimum Gasteiger partial charge on any atom is -0.466 e. The fourth-order valence-electron chi connectivity index (χ4n) is 4.02. The Morgan fingerprint density at radius 1 is 0.531 bits per heavy atom. The summed E-state index contributed by atoms with van der Waals surface area (Å²) in [5.74, 6) is 0.168. The van der Waals surface area contributed by atoms with Crippen molar-refractivity contribution in [2.24, 2.45) is 0 Å². The fraction of sp³-hybridized carbons (Fsp3) is 0.929. The van der Waals surface area contributed by atoms with E-state index in [1.807, 2.05) is 0 Å². The van der Waals surface area contributed by atoms with Crippen molar-refractivity contribution < 1.29 is 14.3 Å². The van der Waals surface area contributed by atoms with Crippen LogP contribution in [0, 0.1) is 0 Å². The molecule has 0 atom stereocenters. The number of hydrogen-bond acceptors (Lipinski definition) is 3. The van der Waals surface area contributed by atoms with E-state index in [-0.39, 0.29) is 11.9 Å². The second-order valence-electron chi connectivity index (χ2n) is 9.40. The molecule has 0 aromatic rings. The molecule has 0 aromatic heterocycles. The zero-order valence-corrected chi connectivity index (χ0v) is 21.9. The average molecular weight is 454 g/mol. The molecule has 0 unspecified atom stereocenters. The van der Waals surface area contributed by atoms with Gasteiger partial charge < -0.3 is 9.64 Å². The van der Waals surface area contributed by atoms with E-state index in [2.05, 4.69) is 25.7 Å². The number of esters is 1. The van der Waals surface area contributed by atoms with Crippen molar-refractivity contribution in [3.8, 4) is 0 Å². The van der Waals surface area contributed by atoms with E-state index in [1.54, 1.807) is 0 Å². The highest BCUT2D eigenvalue weighted by molar-refractivity contribution is 5.76. The quantitative estimate of drug-likeness (QED) is 0.109. The van der Waals surface area contributed by atoms with Crippen molar-refractivity contribution in [1.82, 2.24) is 4.90 Å². The van der Waals surface area contributed by atoms with Crippen LogP contribution in [0.3, 0.4) is 0 Å². The van der Waals surface area contributed by atoms with Crippen LogP contribution in [-0.4, -0.2) is 36.5 Å². The van der Waals surface area contributed by atoms with Gasteiger partial charge in [-0.05, 0) is 32.1 Å². The number of unbranched alkanes of at least 4 members (excludes halogenated alkanes) is 14. The Balaban J connectivity index is 3.84. The molecule has 0 saturated heterocycles. The Kier molecular flexibility index (Phi) is 23.8. The van der Waals surface area contributed by atoms with Crippen molar-refractivity contribution in [1.29, 1.82) is 0 Å². The maximum absolute atomic E-state index is 12.7. The summed E-state index contributed by atoms with van der Waals surface area (Å²) in [6, 6.07) is 0. The van der Waals surface area contributed by atoms with Crippen molar-refractivity contribution in [3.63, 3.8) is 0 Å². The first-order chi connectivity index (χ1) is 15.7. The molecule has 0 bridgehead atoms. The lowest BCUT2D eigenvalue weighted by Crippen LogP contribution is -2.32. The van der Waals surface area contributed by atoms with Crippen LogP contribution in [0.4, 0.5) is 0 Å². The predicted molar refractivity (Wildman–Crippen MR) is 137 cm³/mol. The molecule has 0 aliphatic rings. The molecule has 190 valence electrons. The van der Waals surface area contributed by atoms with Crippen molar-refractivity contribution in [2.45, 2.75) is 149 Å². The van der Waals surface area contributed by atoms with Crippen molar-refractivity contribution >= 4 is 11.9 Å². The van der Waals surface area contributed by atoms with Gasteiger partial charge in [0, 0.05) is 25.9 Å². The first-order valence-electron chi connectivity index (χ1n) is 14.1. The standard InChI is InChI=1S/C28H55NO3/c1-4-7-10-13-14-15-16-21-26-32-28(31)23-18-17-22-27(30)29(24-19-11-8-5-2)25-20-12-9-6-3/h4-26H2,1-3H3. The zero-order valence-electron chi connectivity index (χ0n) is 21.9. The second-order valence-corrected chi connectivity index (χ2v) is 9.40. The average Bonchev–Trinajstić information content (AvgIpc) is 2.79. The molecule has 0 fully saturated rings. The van der Waals surface area contributed by atoms with Crippen LogP contribution in [0.2, 0.25) is 0 Å². The molecule has 0 radical (unpaired) electrons. The van der Waals surface area contributed by atoms with Gasteiger partial charge in [-0.1, -0.05) is 104 Å². The number of ether oxygens (including phenoxy) is 1. The Hall–Kier alpha value is -1.06. The maximum Gasteiger partial charge on any atom is 0.305 e. The van der Waals surface area contributed by atoms with Gasteiger partial charge in [0.05, 0.1) is 6.61 Å². The van der Waals surface area contributed by atoms with E-state index < -0.39 is 0 Å². The van der Waals surface area contributed by atoms with E-state index in [0.29, 0.717) is 19.4 Å². The molecule has 0 aliphatic carbocycles. The molecule has 32 heavy (non-hydrogen) atoms. The molecular weight excluding hydrogens is 398 g/mol. The first kappa shape index (κ1) is 30.9. The van der Waals surface area contributed by atoms with Crippen LogP contribution in [0.1, 0.15) is 149 Å². The van der Waals surface area contributed by atoms with Crippen molar-refractivity contribution in [2.75, 3.05) is 19.7 Å². The van der Waals surface area contributed by atoms with Gasteiger partial charge in [-0.25, -0.2) is 0 Å². The summed E-state index contributed by atoms with van der Waals surface area (Å²) in [6.45, 7) is 9.02. The Bertz CT molecular complexity index is 413. The van der Waals surface area contributed by atoms with Crippen LogP contribution < -0.4 is 0 Å². The fourth-order valence-corrected chi connectivity index (χ4v) is 4.02. The Labute approximate surface area is 200 Å². The molecule has 0 N–H and O–H groups in total. The topological polar surface area (TPSA) is 46.6 Å². The zero-order chi connectivity index (χ0) is 23.7. The summed E-state index contributed by atoms with van der Waals surface area (Å²) in [5.41, 5.74) is 0. The number of rotatable bonds is 24. The molecule has 4 nitrogen and oxygen atoms in total. The highest BCUT2D eigenvalue weighted by atomic mass is 16.5. The van der Waals surface area contributed by atoms with Gasteiger partial charge in [0.25, 0.3) is 0 Å². The molecule has 0 heterocycles. The number of nitrogens with zero attached hydrogens (tertiary/aromatic N) is 1. The lowest BCUT2D eigenvalue weighted by atomic mass is 10.1.